The van der Waals surface area contributed by atoms with Crippen LogP contribution in [0.4, 0.5) is 0 Å². The number of benzene rings is 1. The molecule has 1 atom stereocenters. The summed E-state index contributed by atoms with van der Waals surface area (Å²) in [4.78, 5) is 22.7. The van der Waals surface area contributed by atoms with E-state index in [0.29, 0.717) is 0 Å². The van der Waals surface area contributed by atoms with E-state index in [-0.39, 0.29) is 16.3 Å². The van der Waals surface area contributed by atoms with Gasteiger partial charge in [0.05, 0.1) is 12.7 Å². The van der Waals surface area contributed by atoms with Gasteiger partial charge in [-0.25, -0.2) is 8.42 Å². The van der Waals surface area contributed by atoms with Gasteiger partial charge < -0.3 is 15.2 Å². The van der Waals surface area contributed by atoms with Gasteiger partial charge in [0.25, 0.3) is 5.91 Å². The SMILES string of the molecule is CNC(=O)c1cc(Cl)cc(S(=O)(=O)NC(C(=O)O)C(C)C)c1OC. The summed E-state index contributed by atoms with van der Waals surface area (Å²) >= 11 is 5.90. The Bertz CT molecular complexity index is 748. The van der Waals surface area contributed by atoms with E-state index in [9.17, 15) is 18.0 Å². The van der Waals surface area contributed by atoms with E-state index >= 15 is 0 Å². The molecular weight excluding hydrogens is 360 g/mol. The highest BCUT2D eigenvalue weighted by Crippen LogP contribution is 2.32. The molecule has 1 aromatic carbocycles. The van der Waals surface area contributed by atoms with Gasteiger partial charge >= 0.3 is 5.97 Å². The number of carbonyl (C=O) groups is 2. The Morgan fingerprint density at radius 2 is 1.88 bits per heavy atom. The lowest BCUT2D eigenvalue weighted by atomic mass is 10.1. The minimum absolute atomic E-state index is 0.00815. The van der Waals surface area contributed by atoms with Gasteiger partial charge in [-0.3, -0.25) is 9.59 Å². The van der Waals surface area contributed by atoms with Crippen LogP contribution in [-0.2, 0) is 14.8 Å². The minimum atomic E-state index is -4.30. The fourth-order valence-corrected chi connectivity index (χ4v) is 3.82. The van der Waals surface area contributed by atoms with Crippen molar-refractivity contribution in [1.29, 1.82) is 0 Å². The molecular formula is C14H19ClN2O6S. The van der Waals surface area contributed by atoms with Gasteiger partial charge in [0.1, 0.15) is 10.9 Å². The van der Waals surface area contributed by atoms with Crippen LogP contribution in [0.5, 0.6) is 5.75 Å². The summed E-state index contributed by atoms with van der Waals surface area (Å²) in [5.74, 6) is -2.63. The lowest BCUT2D eigenvalue weighted by molar-refractivity contribution is -0.140. The van der Waals surface area contributed by atoms with Crippen LogP contribution >= 0.6 is 11.6 Å². The third-order valence-electron chi connectivity index (χ3n) is 3.20. The molecule has 3 N–H and O–H groups in total. The zero-order valence-corrected chi connectivity index (χ0v) is 15.2. The zero-order valence-electron chi connectivity index (χ0n) is 13.6. The van der Waals surface area contributed by atoms with E-state index in [1.54, 1.807) is 13.8 Å². The number of hydrogen-bond donors (Lipinski definition) is 3. The molecule has 1 unspecified atom stereocenters. The zero-order chi connectivity index (χ0) is 18.7. The van der Waals surface area contributed by atoms with Crippen LogP contribution < -0.4 is 14.8 Å². The van der Waals surface area contributed by atoms with E-state index < -0.39 is 38.8 Å². The van der Waals surface area contributed by atoms with Crippen molar-refractivity contribution in [3.63, 3.8) is 0 Å². The summed E-state index contributed by atoms with van der Waals surface area (Å²) in [6.45, 7) is 3.12. The van der Waals surface area contributed by atoms with Gasteiger partial charge in [-0.2, -0.15) is 4.72 Å². The van der Waals surface area contributed by atoms with Crippen molar-refractivity contribution < 1.29 is 27.9 Å². The third kappa shape index (κ3) is 4.37. The van der Waals surface area contributed by atoms with Crippen molar-refractivity contribution >= 4 is 33.5 Å². The number of amides is 1. The topological polar surface area (TPSA) is 122 Å². The number of nitrogens with one attached hydrogen (secondary N) is 2. The Kier molecular flexibility index (Phi) is 6.58. The first kappa shape index (κ1) is 20.2. The van der Waals surface area contributed by atoms with Crippen molar-refractivity contribution in [2.45, 2.75) is 24.8 Å². The van der Waals surface area contributed by atoms with E-state index in [0.717, 1.165) is 6.07 Å². The van der Waals surface area contributed by atoms with Crippen LogP contribution in [0.1, 0.15) is 24.2 Å². The van der Waals surface area contributed by atoms with Crippen LogP contribution in [0, 0.1) is 5.92 Å². The highest BCUT2D eigenvalue weighted by molar-refractivity contribution is 7.89. The molecule has 10 heteroatoms. The average Bonchev–Trinajstić information content (AvgIpc) is 2.50. The fourth-order valence-electron chi connectivity index (χ4n) is 1.98. The van der Waals surface area contributed by atoms with Crippen molar-refractivity contribution in [2.75, 3.05) is 14.2 Å². The van der Waals surface area contributed by atoms with Crippen molar-refractivity contribution in [3.8, 4) is 5.75 Å². The molecule has 0 aliphatic rings. The lowest BCUT2D eigenvalue weighted by Gasteiger charge is -2.20. The van der Waals surface area contributed by atoms with Crippen molar-refractivity contribution in [1.82, 2.24) is 10.0 Å². The second-order valence-electron chi connectivity index (χ2n) is 5.25. The molecule has 0 radical (unpaired) electrons. The average molecular weight is 379 g/mol. The molecule has 0 aliphatic heterocycles. The summed E-state index contributed by atoms with van der Waals surface area (Å²) in [5.41, 5.74) is -0.0794. The molecule has 1 rings (SSSR count). The number of methoxy groups -OCH3 is 1. The van der Waals surface area contributed by atoms with Gasteiger partial charge in [-0.1, -0.05) is 25.4 Å². The predicted molar refractivity (Wildman–Crippen MR) is 88.0 cm³/mol. The Hall–Kier alpha value is -1.84. The summed E-state index contributed by atoms with van der Waals surface area (Å²) in [7, 11) is -1.73. The normalized spacial score (nSPS) is 12.8. The Balaban J connectivity index is 3.51. The van der Waals surface area contributed by atoms with E-state index in [4.69, 9.17) is 21.4 Å². The largest absolute Gasteiger partial charge is 0.494 e. The molecule has 24 heavy (non-hydrogen) atoms. The number of hydrogen-bond acceptors (Lipinski definition) is 5. The molecule has 0 aliphatic carbocycles. The highest BCUT2D eigenvalue weighted by Gasteiger charge is 2.31. The third-order valence-corrected chi connectivity index (χ3v) is 4.86. The maximum absolute atomic E-state index is 12.6. The van der Waals surface area contributed by atoms with Crippen LogP contribution in [0.15, 0.2) is 17.0 Å². The molecule has 0 spiro atoms. The second kappa shape index (κ2) is 7.82. The first-order valence-electron chi connectivity index (χ1n) is 6.89. The van der Waals surface area contributed by atoms with Gasteiger partial charge in [0, 0.05) is 12.1 Å². The smallest absolute Gasteiger partial charge is 0.322 e. The molecule has 0 bridgehead atoms. The number of ether oxygens (including phenoxy) is 1. The van der Waals surface area contributed by atoms with Crippen molar-refractivity contribution in [3.05, 3.63) is 22.7 Å². The fraction of sp³-hybridized carbons (Fsp3) is 0.429. The minimum Gasteiger partial charge on any atom is -0.494 e. The predicted octanol–water partition coefficient (Wildman–Crippen LogP) is 1.10. The summed E-state index contributed by atoms with van der Waals surface area (Å²) in [6.07, 6.45) is 0. The molecule has 0 aromatic heterocycles. The lowest BCUT2D eigenvalue weighted by Crippen LogP contribution is -2.44. The first-order valence-corrected chi connectivity index (χ1v) is 8.76. The number of aliphatic carboxylic acids is 1. The number of carboxylic acid groups (broad SMARTS) is 1. The molecule has 0 heterocycles. The number of carbonyl (C=O) groups excluding carboxylic acids is 1. The Labute approximate surface area is 145 Å². The number of rotatable bonds is 7. The quantitative estimate of drug-likeness (QED) is 0.653. The second-order valence-corrected chi connectivity index (χ2v) is 7.36. The molecule has 0 fully saturated rings. The number of sulfonamides is 1. The molecule has 1 aromatic rings. The Morgan fingerprint density at radius 3 is 2.29 bits per heavy atom. The number of carboxylic acids is 1. The summed E-state index contributed by atoms with van der Waals surface area (Å²) in [5, 5.41) is 11.5. The number of halogens is 1. The standard InChI is InChI=1S/C14H19ClN2O6S/c1-7(2)11(14(19)20)17-24(21,22)10-6-8(15)5-9(12(10)23-4)13(18)16-3/h5-7,11,17H,1-4H3,(H,16,18)(H,19,20). The maximum atomic E-state index is 12.6. The monoisotopic (exact) mass is 378 g/mol. The first-order chi connectivity index (χ1) is 11.0. The molecule has 1 amide bonds. The van der Waals surface area contributed by atoms with E-state index in [1.807, 2.05) is 0 Å². The van der Waals surface area contributed by atoms with Gasteiger partial charge in [0.15, 0.2) is 5.75 Å². The van der Waals surface area contributed by atoms with Gasteiger partial charge in [-0.05, 0) is 18.1 Å². The molecule has 8 nitrogen and oxygen atoms in total. The van der Waals surface area contributed by atoms with Gasteiger partial charge in [-0.15, -0.1) is 0 Å². The summed E-state index contributed by atoms with van der Waals surface area (Å²) in [6, 6.07) is 1.01. The van der Waals surface area contributed by atoms with E-state index in [1.165, 1.54) is 20.2 Å². The van der Waals surface area contributed by atoms with Crippen LogP contribution in [-0.4, -0.2) is 45.6 Å². The molecule has 0 saturated heterocycles. The maximum Gasteiger partial charge on any atom is 0.322 e. The van der Waals surface area contributed by atoms with E-state index in [2.05, 4.69) is 10.0 Å². The highest BCUT2D eigenvalue weighted by atomic mass is 35.5. The summed E-state index contributed by atoms with van der Waals surface area (Å²) < 4.78 is 32.4. The van der Waals surface area contributed by atoms with Crippen LogP contribution in [0.3, 0.4) is 0 Å². The van der Waals surface area contributed by atoms with Gasteiger partial charge in [0.2, 0.25) is 10.0 Å². The Morgan fingerprint density at radius 1 is 1.29 bits per heavy atom. The molecule has 134 valence electrons. The molecule has 0 saturated carbocycles. The van der Waals surface area contributed by atoms with Crippen LogP contribution in [0.25, 0.3) is 0 Å². The van der Waals surface area contributed by atoms with Crippen molar-refractivity contribution in [2.24, 2.45) is 5.92 Å². The van der Waals surface area contributed by atoms with Crippen LogP contribution in [0.2, 0.25) is 5.02 Å².